The zero-order valence-corrected chi connectivity index (χ0v) is 21.5. The molecule has 2 aromatic rings. The van der Waals surface area contributed by atoms with Crippen molar-refractivity contribution in [2.45, 2.75) is 66.3 Å². The number of ether oxygens (including phenoxy) is 1. The minimum atomic E-state index is -0.0630. The summed E-state index contributed by atoms with van der Waals surface area (Å²) in [5.41, 5.74) is 2.39. The first-order valence-electron chi connectivity index (χ1n) is 12.4. The Morgan fingerprint density at radius 2 is 1.66 bits per heavy atom. The normalized spacial score (nSPS) is 16.7. The summed E-state index contributed by atoms with van der Waals surface area (Å²) in [5, 5.41) is 3.54. The molecular formula is C26H36N6O3. The Balaban J connectivity index is 1.61. The summed E-state index contributed by atoms with van der Waals surface area (Å²) in [6.45, 7) is 14.7. The van der Waals surface area contributed by atoms with E-state index < -0.39 is 0 Å². The van der Waals surface area contributed by atoms with Crippen LogP contribution in [0.15, 0.2) is 24.3 Å². The number of carbonyl (C=O) groups excluding carboxylic acids is 2. The van der Waals surface area contributed by atoms with Crippen molar-refractivity contribution in [2.75, 3.05) is 36.4 Å². The number of benzene rings is 1. The third-order valence-electron chi connectivity index (χ3n) is 6.52. The zero-order chi connectivity index (χ0) is 25.3. The summed E-state index contributed by atoms with van der Waals surface area (Å²) in [6, 6.07) is 8.07. The summed E-state index contributed by atoms with van der Waals surface area (Å²) >= 11 is 0. The van der Waals surface area contributed by atoms with Gasteiger partial charge in [0, 0.05) is 50.7 Å². The van der Waals surface area contributed by atoms with Crippen molar-refractivity contribution >= 4 is 23.6 Å². The van der Waals surface area contributed by atoms with Gasteiger partial charge in [0.2, 0.25) is 11.9 Å². The number of aromatic nitrogens is 2. The van der Waals surface area contributed by atoms with E-state index in [0.29, 0.717) is 50.2 Å². The van der Waals surface area contributed by atoms with Crippen molar-refractivity contribution in [1.29, 1.82) is 0 Å². The highest BCUT2D eigenvalue weighted by atomic mass is 16.5. The van der Waals surface area contributed by atoms with E-state index in [0.717, 1.165) is 16.9 Å². The summed E-state index contributed by atoms with van der Waals surface area (Å²) < 4.78 is 5.76. The Morgan fingerprint density at radius 1 is 1.00 bits per heavy atom. The van der Waals surface area contributed by atoms with Gasteiger partial charge in [-0.3, -0.25) is 9.59 Å². The van der Waals surface area contributed by atoms with Crippen LogP contribution in [0.2, 0.25) is 0 Å². The fourth-order valence-electron chi connectivity index (χ4n) is 4.47. The van der Waals surface area contributed by atoms with Gasteiger partial charge in [-0.05, 0) is 52.3 Å². The molecule has 1 aromatic heterocycles. The van der Waals surface area contributed by atoms with Gasteiger partial charge in [-0.25, -0.2) is 4.98 Å². The number of hydrogen-bond donors (Lipinski definition) is 1. The van der Waals surface area contributed by atoms with E-state index in [1.54, 1.807) is 6.92 Å². The van der Waals surface area contributed by atoms with Gasteiger partial charge in [0.1, 0.15) is 17.3 Å². The van der Waals surface area contributed by atoms with Crippen molar-refractivity contribution < 1.29 is 14.3 Å². The molecule has 1 atom stereocenters. The Labute approximate surface area is 207 Å². The van der Waals surface area contributed by atoms with Gasteiger partial charge in [0.05, 0.1) is 12.6 Å². The summed E-state index contributed by atoms with van der Waals surface area (Å²) in [7, 11) is 0. The van der Waals surface area contributed by atoms with Gasteiger partial charge in [-0.1, -0.05) is 12.1 Å². The zero-order valence-electron chi connectivity index (χ0n) is 21.5. The average Bonchev–Trinajstić information content (AvgIpc) is 3.16. The Kier molecular flexibility index (Phi) is 7.14. The number of hydrogen-bond acceptors (Lipinski definition) is 7. The first kappa shape index (κ1) is 24.8. The fraction of sp³-hybridized carbons (Fsp3) is 0.538. The molecule has 9 heteroatoms. The molecule has 0 spiro atoms. The van der Waals surface area contributed by atoms with E-state index in [9.17, 15) is 9.59 Å². The van der Waals surface area contributed by atoms with Gasteiger partial charge in [-0.15, -0.1) is 0 Å². The standard InChI is InChI=1S/C26H36N6O3/c1-16(2)32-15-22-23(25(32)34)28-26(31-13-11-30(12-14-31)19(6)33)29-24(22)27-18(5)20-7-9-21(10-8-20)35-17(3)4/h7-10,16-18H,11-15H2,1-6H3,(H,27,28,29)/t18-/m1/s1. The summed E-state index contributed by atoms with van der Waals surface area (Å²) in [5.74, 6) is 2.06. The van der Waals surface area contributed by atoms with Crippen molar-refractivity contribution in [3.63, 3.8) is 0 Å². The fourth-order valence-corrected chi connectivity index (χ4v) is 4.47. The van der Waals surface area contributed by atoms with Crippen LogP contribution in [-0.2, 0) is 11.3 Å². The van der Waals surface area contributed by atoms with Gasteiger partial charge in [0.15, 0.2) is 0 Å². The van der Waals surface area contributed by atoms with Gasteiger partial charge < -0.3 is 24.8 Å². The van der Waals surface area contributed by atoms with E-state index in [1.165, 1.54) is 0 Å². The van der Waals surface area contributed by atoms with Crippen molar-refractivity contribution in [1.82, 2.24) is 19.8 Å². The molecule has 0 radical (unpaired) electrons. The van der Waals surface area contributed by atoms with Gasteiger partial charge in [0.25, 0.3) is 5.91 Å². The van der Waals surface area contributed by atoms with E-state index in [2.05, 4.69) is 17.1 Å². The van der Waals surface area contributed by atoms with Crippen LogP contribution in [0.25, 0.3) is 0 Å². The molecule has 0 saturated carbocycles. The van der Waals surface area contributed by atoms with Crippen molar-refractivity contribution in [3.8, 4) is 5.75 Å². The smallest absolute Gasteiger partial charge is 0.273 e. The van der Waals surface area contributed by atoms with Crippen LogP contribution < -0.4 is 15.0 Å². The largest absolute Gasteiger partial charge is 0.491 e. The quantitative estimate of drug-likeness (QED) is 0.649. The molecule has 2 aliphatic rings. The molecule has 35 heavy (non-hydrogen) atoms. The van der Waals surface area contributed by atoms with Crippen LogP contribution in [0.4, 0.5) is 11.8 Å². The van der Waals surface area contributed by atoms with Crippen LogP contribution >= 0.6 is 0 Å². The molecule has 1 saturated heterocycles. The molecule has 9 nitrogen and oxygen atoms in total. The first-order chi connectivity index (χ1) is 16.6. The molecule has 2 amide bonds. The lowest BCUT2D eigenvalue weighted by Crippen LogP contribution is -2.48. The number of carbonyl (C=O) groups is 2. The molecule has 0 aliphatic carbocycles. The second kappa shape index (κ2) is 10.1. The number of fused-ring (bicyclic) bond motifs is 1. The maximum atomic E-state index is 13.2. The SMILES string of the molecule is CC(=O)N1CCN(c2nc(N[C@H](C)c3ccc(OC(C)C)cc3)c3c(n2)C(=O)N(C(C)C)C3)CC1. The topological polar surface area (TPSA) is 90.9 Å². The maximum Gasteiger partial charge on any atom is 0.273 e. The second-order valence-corrected chi connectivity index (χ2v) is 9.82. The average molecular weight is 481 g/mol. The van der Waals surface area contributed by atoms with E-state index >= 15 is 0 Å². The molecule has 1 fully saturated rings. The highest BCUT2D eigenvalue weighted by Crippen LogP contribution is 2.32. The Morgan fingerprint density at radius 3 is 2.23 bits per heavy atom. The lowest BCUT2D eigenvalue weighted by Gasteiger charge is -2.34. The summed E-state index contributed by atoms with van der Waals surface area (Å²) in [6.07, 6.45) is 0.122. The molecule has 3 heterocycles. The Hall–Kier alpha value is -3.36. The molecule has 2 aliphatic heterocycles. The number of amides is 2. The number of piperazine rings is 1. The molecule has 0 unspecified atom stereocenters. The van der Waals surface area contributed by atoms with Gasteiger partial charge >= 0.3 is 0 Å². The monoisotopic (exact) mass is 480 g/mol. The molecule has 1 aromatic carbocycles. The third kappa shape index (κ3) is 5.33. The van der Waals surface area contributed by atoms with E-state index in [4.69, 9.17) is 14.7 Å². The molecule has 1 N–H and O–H groups in total. The predicted molar refractivity (Wildman–Crippen MR) is 136 cm³/mol. The highest BCUT2D eigenvalue weighted by molar-refractivity contribution is 5.98. The highest BCUT2D eigenvalue weighted by Gasteiger charge is 2.35. The summed E-state index contributed by atoms with van der Waals surface area (Å²) in [4.78, 5) is 40.2. The van der Waals surface area contributed by atoms with Crippen LogP contribution in [0.5, 0.6) is 5.75 Å². The molecule has 188 valence electrons. The van der Waals surface area contributed by atoms with Crippen LogP contribution in [0, 0.1) is 0 Å². The minimum Gasteiger partial charge on any atom is -0.491 e. The maximum absolute atomic E-state index is 13.2. The number of rotatable bonds is 7. The van der Waals surface area contributed by atoms with Crippen LogP contribution in [0.1, 0.15) is 69.2 Å². The van der Waals surface area contributed by atoms with Gasteiger partial charge in [-0.2, -0.15) is 4.98 Å². The predicted octanol–water partition coefficient (Wildman–Crippen LogP) is 3.47. The third-order valence-corrected chi connectivity index (χ3v) is 6.52. The number of nitrogens with zero attached hydrogens (tertiary/aromatic N) is 5. The van der Waals surface area contributed by atoms with Crippen LogP contribution in [0.3, 0.4) is 0 Å². The Bertz CT molecular complexity index is 1080. The van der Waals surface area contributed by atoms with E-state index in [1.807, 2.05) is 61.8 Å². The van der Waals surface area contributed by atoms with Crippen molar-refractivity contribution in [2.24, 2.45) is 0 Å². The second-order valence-electron chi connectivity index (χ2n) is 9.82. The number of anilines is 2. The number of nitrogens with one attached hydrogen (secondary N) is 1. The van der Waals surface area contributed by atoms with Crippen LogP contribution in [-0.4, -0.2) is 69.9 Å². The minimum absolute atomic E-state index is 0.0345. The lowest BCUT2D eigenvalue weighted by molar-refractivity contribution is -0.129. The van der Waals surface area contributed by atoms with Crippen molar-refractivity contribution in [3.05, 3.63) is 41.1 Å². The lowest BCUT2D eigenvalue weighted by atomic mass is 10.1. The van der Waals surface area contributed by atoms with E-state index in [-0.39, 0.29) is 30.0 Å². The molecular weight excluding hydrogens is 444 g/mol. The first-order valence-corrected chi connectivity index (χ1v) is 12.4. The molecule has 0 bridgehead atoms. The molecule has 4 rings (SSSR count).